The number of rotatable bonds is 9. The van der Waals surface area contributed by atoms with Crippen LogP contribution in [0.3, 0.4) is 0 Å². The van der Waals surface area contributed by atoms with Gasteiger partial charge in [0.25, 0.3) is 0 Å². The lowest BCUT2D eigenvalue weighted by Gasteiger charge is -2.19. The average molecular weight is 475 g/mol. The van der Waals surface area contributed by atoms with Gasteiger partial charge in [-0.3, -0.25) is 4.79 Å². The first-order valence-corrected chi connectivity index (χ1v) is 12.2. The van der Waals surface area contributed by atoms with E-state index in [1.165, 1.54) is 11.1 Å². The summed E-state index contributed by atoms with van der Waals surface area (Å²) in [6.07, 6.45) is 1.92. The van der Waals surface area contributed by atoms with Gasteiger partial charge in [-0.05, 0) is 72.8 Å². The van der Waals surface area contributed by atoms with Crippen molar-refractivity contribution in [2.75, 3.05) is 18.5 Å². The Bertz CT molecular complexity index is 1100. The highest BCUT2D eigenvalue weighted by Crippen LogP contribution is 2.23. The van der Waals surface area contributed by atoms with Crippen LogP contribution in [-0.2, 0) is 11.8 Å². The van der Waals surface area contributed by atoms with Crippen molar-refractivity contribution in [1.82, 2.24) is 5.32 Å². The van der Waals surface area contributed by atoms with Crippen LogP contribution in [0, 0.1) is 0 Å². The Hall–Kier alpha value is -3.18. The minimum absolute atomic E-state index is 0.00154. The Morgan fingerprint density at radius 2 is 1.65 bits per heavy atom. The number of carbonyl (C=O) groups is 1. The van der Waals surface area contributed by atoms with Gasteiger partial charge in [-0.2, -0.15) is 0 Å². The number of thiocarbonyl (C=S) groups is 1. The maximum absolute atomic E-state index is 13.0. The Balaban J connectivity index is 1.49. The molecule has 0 atom stereocenters. The van der Waals surface area contributed by atoms with E-state index in [-0.39, 0.29) is 11.2 Å². The third kappa shape index (κ3) is 7.42. The first kappa shape index (κ1) is 25.4. The maximum atomic E-state index is 13.0. The van der Waals surface area contributed by atoms with E-state index >= 15 is 0 Å². The number of nitrogens with one attached hydrogen (secondary N) is 2. The summed E-state index contributed by atoms with van der Waals surface area (Å²) in [7, 11) is 0. The fourth-order valence-electron chi connectivity index (χ4n) is 3.62. The second-order valence-electron chi connectivity index (χ2n) is 9.30. The van der Waals surface area contributed by atoms with Crippen LogP contribution in [0.5, 0.6) is 5.75 Å². The molecule has 178 valence electrons. The Kier molecular flexibility index (Phi) is 8.83. The summed E-state index contributed by atoms with van der Waals surface area (Å²) < 4.78 is 5.48. The fourth-order valence-corrected chi connectivity index (χ4v) is 3.84. The molecular formula is C29H34N2O2S. The predicted octanol–water partition coefficient (Wildman–Crippen LogP) is 6.53. The monoisotopic (exact) mass is 474 g/mol. The smallest absolute Gasteiger partial charge is 0.193 e. The van der Waals surface area contributed by atoms with Gasteiger partial charge in [0.15, 0.2) is 10.9 Å². The van der Waals surface area contributed by atoms with E-state index in [4.69, 9.17) is 17.0 Å². The number of anilines is 1. The number of hydrogen-bond donors (Lipinski definition) is 2. The topological polar surface area (TPSA) is 50.4 Å². The summed E-state index contributed by atoms with van der Waals surface area (Å²) >= 11 is 5.44. The largest absolute Gasteiger partial charge is 0.494 e. The summed E-state index contributed by atoms with van der Waals surface area (Å²) in [5.41, 5.74) is 4.64. The van der Waals surface area contributed by atoms with Gasteiger partial charge in [-0.1, -0.05) is 69.3 Å². The van der Waals surface area contributed by atoms with Crippen LogP contribution < -0.4 is 15.4 Å². The molecule has 0 saturated carbocycles. The van der Waals surface area contributed by atoms with Gasteiger partial charge >= 0.3 is 0 Å². The third-order valence-corrected chi connectivity index (χ3v) is 5.80. The van der Waals surface area contributed by atoms with Gasteiger partial charge in [0.1, 0.15) is 5.75 Å². The lowest BCUT2D eigenvalue weighted by Crippen LogP contribution is -2.29. The minimum atomic E-state index is -0.00154. The highest BCUT2D eigenvalue weighted by Gasteiger charge is 2.15. The third-order valence-electron chi connectivity index (χ3n) is 5.56. The van der Waals surface area contributed by atoms with Gasteiger partial charge in [0.05, 0.1) is 6.61 Å². The van der Waals surface area contributed by atoms with Crippen LogP contribution in [0.1, 0.15) is 61.2 Å². The number of ketones is 1. The fraction of sp³-hybridized carbons (Fsp3) is 0.310. The van der Waals surface area contributed by atoms with Crippen LogP contribution in [0.15, 0.2) is 72.8 Å². The Morgan fingerprint density at radius 3 is 2.29 bits per heavy atom. The molecule has 0 unspecified atom stereocenters. The number of aryl methyl sites for hydroxylation is 1. The summed E-state index contributed by atoms with van der Waals surface area (Å²) in [6.45, 7) is 9.91. The summed E-state index contributed by atoms with van der Waals surface area (Å²) in [5.74, 6) is 0.899. The van der Waals surface area contributed by atoms with Gasteiger partial charge in [0.2, 0.25) is 0 Å². The Labute approximate surface area is 208 Å². The van der Waals surface area contributed by atoms with Crippen LogP contribution in [0.4, 0.5) is 5.69 Å². The lowest BCUT2D eigenvalue weighted by atomic mass is 9.86. The minimum Gasteiger partial charge on any atom is -0.494 e. The molecule has 34 heavy (non-hydrogen) atoms. The maximum Gasteiger partial charge on any atom is 0.193 e. The molecule has 5 heteroatoms. The van der Waals surface area contributed by atoms with Crippen molar-refractivity contribution in [1.29, 1.82) is 0 Å². The summed E-state index contributed by atoms with van der Waals surface area (Å²) in [4.78, 5) is 13.0. The van der Waals surface area contributed by atoms with Crippen LogP contribution >= 0.6 is 12.2 Å². The van der Waals surface area contributed by atoms with E-state index in [9.17, 15) is 4.79 Å². The van der Waals surface area contributed by atoms with Gasteiger partial charge < -0.3 is 15.4 Å². The number of ether oxygens (including phenoxy) is 1. The Morgan fingerprint density at radius 1 is 0.941 bits per heavy atom. The molecule has 0 saturated heterocycles. The van der Waals surface area contributed by atoms with Gasteiger partial charge in [-0.25, -0.2) is 0 Å². The van der Waals surface area contributed by atoms with Crippen molar-refractivity contribution >= 4 is 28.8 Å². The standard InChI is InChI=1S/C29H34N2O2S/c1-5-33-26-17-11-21(12-18-26)8-7-19-30-28(34)31-25-10-6-9-23(20-25)27(32)22-13-15-24(16-14-22)29(2,3)4/h6,9-18,20H,5,7-8,19H2,1-4H3,(H2,30,31,34). The zero-order valence-electron chi connectivity index (χ0n) is 20.5. The molecule has 3 aromatic carbocycles. The first-order valence-electron chi connectivity index (χ1n) is 11.8. The summed E-state index contributed by atoms with van der Waals surface area (Å²) in [6, 6.07) is 23.5. The van der Waals surface area contributed by atoms with Crippen molar-refractivity contribution in [2.45, 2.75) is 46.0 Å². The second-order valence-corrected chi connectivity index (χ2v) is 9.71. The van der Waals surface area contributed by atoms with E-state index in [2.05, 4.69) is 43.5 Å². The van der Waals surface area contributed by atoms with Crippen molar-refractivity contribution in [3.63, 3.8) is 0 Å². The number of hydrogen-bond acceptors (Lipinski definition) is 3. The lowest BCUT2D eigenvalue weighted by molar-refractivity contribution is 0.103. The van der Waals surface area contributed by atoms with Crippen molar-refractivity contribution in [3.05, 3.63) is 95.1 Å². The van der Waals surface area contributed by atoms with E-state index in [1.54, 1.807) is 0 Å². The van der Waals surface area contributed by atoms with Gasteiger partial charge in [-0.15, -0.1) is 0 Å². The molecule has 0 spiro atoms. The van der Waals surface area contributed by atoms with Crippen LogP contribution in [-0.4, -0.2) is 24.0 Å². The molecule has 4 nitrogen and oxygen atoms in total. The predicted molar refractivity (Wildman–Crippen MR) is 145 cm³/mol. The molecule has 0 fully saturated rings. The number of carbonyl (C=O) groups excluding carboxylic acids is 1. The molecule has 0 amide bonds. The highest BCUT2D eigenvalue weighted by molar-refractivity contribution is 7.80. The van der Waals surface area contributed by atoms with Crippen molar-refractivity contribution < 1.29 is 9.53 Å². The van der Waals surface area contributed by atoms with Crippen LogP contribution in [0.2, 0.25) is 0 Å². The summed E-state index contributed by atoms with van der Waals surface area (Å²) in [5, 5.41) is 6.98. The normalized spacial score (nSPS) is 11.1. The SMILES string of the molecule is CCOc1ccc(CCCNC(=S)Nc2cccc(C(=O)c3ccc(C(C)(C)C)cc3)c2)cc1. The van der Waals surface area contributed by atoms with E-state index in [1.807, 2.05) is 67.6 Å². The van der Waals surface area contributed by atoms with Crippen LogP contribution in [0.25, 0.3) is 0 Å². The molecule has 0 aliphatic rings. The molecule has 0 aliphatic heterocycles. The van der Waals surface area contributed by atoms with Crippen molar-refractivity contribution in [3.8, 4) is 5.75 Å². The zero-order valence-corrected chi connectivity index (χ0v) is 21.3. The molecule has 0 aromatic heterocycles. The first-order chi connectivity index (χ1) is 16.3. The quantitative estimate of drug-likeness (QED) is 0.210. The van der Waals surface area contributed by atoms with E-state index < -0.39 is 0 Å². The second kappa shape index (κ2) is 11.8. The molecule has 3 rings (SSSR count). The van der Waals surface area contributed by atoms with Crippen molar-refractivity contribution in [2.24, 2.45) is 0 Å². The molecular weight excluding hydrogens is 440 g/mol. The molecule has 2 N–H and O–H groups in total. The van der Waals surface area contributed by atoms with E-state index in [0.29, 0.717) is 22.8 Å². The average Bonchev–Trinajstić information content (AvgIpc) is 2.82. The zero-order chi connectivity index (χ0) is 24.6. The van der Waals surface area contributed by atoms with E-state index in [0.717, 1.165) is 30.8 Å². The molecule has 0 heterocycles. The molecule has 0 radical (unpaired) electrons. The van der Waals surface area contributed by atoms with Gasteiger partial charge in [0, 0.05) is 23.4 Å². The highest BCUT2D eigenvalue weighted by atomic mass is 32.1. The number of benzene rings is 3. The molecule has 0 aliphatic carbocycles. The molecule has 0 bridgehead atoms. The molecule has 3 aromatic rings.